The van der Waals surface area contributed by atoms with E-state index in [4.69, 9.17) is 11.6 Å². The second-order valence-corrected chi connectivity index (χ2v) is 8.80. The Kier molecular flexibility index (Phi) is 6.87. The molecule has 0 aromatic heterocycles. The highest BCUT2D eigenvalue weighted by molar-refractivity contribution is 7.92. The fourth-order valence-electron chi connectivity index (χ4n) is 2.64. The number of benzene rings is 3. The van der Waals surface area contributed by atoms with Crippen molar-refractivity contribution < 1.29 is 13.2 Å². The molecule has 0 aliphatic carbocycles. The molecule has 0 aliphatic rings. The number of aryl methyl sites for hydroxylation is 1. The third-order valence-electron chi connectivity index (χ3n) is 4.21. The molecule has 1 amide bonds. The average molecular weight is 442 g/mol. The van der Waals surface area contributed by atoms with Crippen LogP contribution in [0, 0.1) is 6.92 Å². The van der Waals surface area contributed by atoms with Gasteiger partial charge in [-0.25, -0.2) is 13.8 Å². The van der Waals surface area contributed by atoms with Crippen molar-refractivity contribution in [3.05, 3.63) is 95.0 Å². The van der Waals surface area contributed by atoms with E-state index in [1.165, 1.54) is 18.3 Å². The number of rotatable bonds is 7. The van der Waals surface area contributed by atoms with Crippen molar-refractivity contribution in [1.29, 1.82) is 0 Å². The van der Waals surface area contributed by atoms with Gasteiger partial charge in [0.2, 0.25) is 0 Å². The van der Waals surface area contributed by atoms with Crippen LogP contribution in [0.5, 0.6) is 0 Å². The van der Waals surface area contributed by atoms with E-state index in [9.17, 15) is 13.2 Å². The van der Waals surface area contributed by atoms with Crippen LogP contribution in [0.2, 0.25) is 5.02 Å². The predicted octanol–water partition coefficient (Wildman–Crippen LogP) is 3.99. The fourth-order valence-corrected chi connectivity index (χ4v) is 4.19. The van der Waals surface area contributed by atoms with Crippen LogP contribution in [0.25, 0.3) is 0 Å². The first-order valence-corrected chi connectivity index (χ1v) is 10.9. The van der Waals surface area contributed by atoms with E-state index in [1.54, 1.807) is 66.7 Å². The lowest BCUT2D eigenvalue weighted by Gasteiger charge is -2.23. The molecule has 0 bridgehead atoms. The molecule has 30 heavy (non-hydrogen) atoms. The Bertz CT molecular complexity index is 1130. The van der Waals surface area contributed by atoms with Crippen molar-refractivity contribution in [2.75, 3.05) is 10.8 Å². The minimum absolute atomic E-state index is 0.106. The predicted molar refractivity (Wildman–Crippen MR) is 119 cm³/mol. The maximum Gasteiger partial charge on any atom is 0.264 e. The number of carbonyl (C=O) groups is 1. The third kappa shape index (κ3) is 5.46. The summed E-state index contributed by atoms with van der Waals surface area (Å²) in [5, 5.41) is 4.49. The number of halogens is 1. The zero-order chi connectivity index (χ0) is 21.6. The Morgan fingerprint density at radius 1 is 1.00 bits per heavy atom. The summed E-state index contributed by atoms with van der Waals surface area (Å²) in [6.45, 7) is 1.45. The number of sulfonamides is 1. The summed E-state index contributed by atoms with van der Waals surface area (Å²) in [4.78, 5) is 12.6. The van der Waals surface area contributed by atoms with Gasteiger partial charge in [-0.1, -0.05) is 59.6 Å². The largest absolute Gasteiger partial charge is 0.271 e. The van der Waals surface area contributed by atoms with Crippen molar-refractivity contribution in [2.24, 2.45) is 5.10 Å². The number of hydrogen-bond acceptors (Lipinski definition) is 4. The number of hydrazone groups is 1. The fraction of sp³-hybridized carbons (Fsp3) is 0.0909. The van der Waals surface area contributed by atoms with Gasteiger partial charge in [0.15, 0.2) is 0 Å². The quantitative estimate of drug-likeness (QED) is 0.444. The molecule has 0 spiro atoms. The summed E-state index contributed by atoms with van der Waals surface area (Å²) in [6.07, 6.45) is 1.45. The van der Waals surface area contributed by atoms with Gasteiger partial charge in [0, 0.05) is 5.02 Å². The van der Waals surface area contributed by atoms with Crippen LogP contribution in [0.15, 0.2) is 88.9 Å². The van der Waals surface area contributed by atoms with Gasteiger partial charge in [-0.15, -0.1) is 0 Å². The Hall–Kier alpha value is -3.16. The van der Waals surface area contributed by atoms with Crippen LogP contribution < -0.4 is 9.73 Å². The minimum atomic E-state index is -3.94. The maximum atomic E-state index is 13.2. The van der Waals surface area contributed by atoms with Gasteiger partial charge in [-0.3, -0.25) is 9.10 Å². The van der Waals surface area contributed by atoms with Crippen molar-refractivity contribution in [2.45, 2.75) is 11.8 Å². The molecule has 0 aliphatic heterocycles. The number of nitrogens with one attached hydrogen (secondary N) is 1. The highest BCUT2D eigenvalue weighted by Crippen LogP contribution is 2.23. The molecular formula is C22H20ClN3O3S. The zero-order valence-corrected chi connectivity index (χ0v) is 17.8. The lowest BCUT2D eigenvalue weighted by molar-refractivity contribution is -0.119. The van der Waals surface area contributed by atoms with E-state index in [2.05, 4.69) is 10.5 Å². The van der Waals surface area contributed by atoms with E-state index in [1.807, 2.05) is 6.92 Å². The van der Waals surface area contributed by atoms with Gasteiger partial charge >= 0.3 is 0 Å². The van der Waals surface area contributed by atoms with Crippen LogP contribution in [-0.2, 0) is 14.8 Å². The molecule has 1 N–H and O–H groups in total. The Morgan fingerprint density at radius 2 is 1.63 bits per heavy atom. The van der Waals surface area contributed by atoms with Crippen LogP contribution in [-0.4, -0.2) is 27.1 Å². The second kappa shape index (κ2) is 9.56. The van der Waals surface area contributed by atoms with E-state index < -0.39 is 22.5 Å². The van der Waals surface area contributed by atoms with Gasteiger partial charge in [0.25, 0.3) is 15.9 Å². The molecule has 0 heterocycles. The smallest absolute Gasteiger partial charge is 0.264 e. The van der Waals surface area contributed by atoms with Crippen molar-refractivity contribution in [1.82, 2.24) is 5.43 Å². The van der Waals surface area contributed by atoms with Gasteiger partial charge < -0.3 is 0 Å². The number of para-hydroxylation sites is 1. The zero-order valence-electron chi connectivity index (χ0n) is 16.2. The summed E-state index contributed by atoms with van der Waals surface area (Å²) in [6, 6.07) is 21.8. The van der Waals surface area contributed by atoms with Gasteiger partial charge in [0.1, 0.15) is 6.54 Å². The molecule has 3 aromatic rings. The topological polar surface area (TPSA) is 78.8 Å². The van der Waals surface area contributed by atoms with E-state index in [0.717, 1.165) is 15.4 Å². The monoisotopic (exact) mass is 441 g/mol. The van der Waals surface area contributed by atoms with E-state index in [0.29, 0.717) is 10.7 Å². The van der Waals surface area contributed by atoms with E-state index in [-0.39, 0.29) is 4.90 Å². The van der Waals surface area contributed by atoms with Crippen LogP contribution in [0.4, 0.5) is 5.69 Å². The van der Waals surface area contributed by atoms with Gasteiger partial charge in [-0.2, -0.15) is 5.10 Å². The third-order valence-corrected chi connectivity index (χ3v) is 6.25. The summed E-state index contributed by atoms with van der Waals surface area (Å²) in [5.74, 6) is -0.570. The summed E-state index contributed by atoms with van der Waals surface area (Å²) in [5.41, 5.74) is 4.44. The molecule has 8 heteroatoms. The highest BCUT2D eigenvalue weighted by atomic mass is 35.5. The Labute approximate surface area is 180 Å². The molecule has 6 nitrogen and oxygen atoms in total. The first-order chi connectivity index (χ1) is 14.4. The molecule has 0 atom stereocenters. The average Bonchev–Trinajstić information content (AvgIpc) is 2.74. The van der Waals surface area contributed by atoms with Crippen molar-refractivity contribution in [3.63, 3.8) is 0 Å². The first-order valence-electron chi connectivity index (χ1n) is 9.08. The normalized spacial score (nSPS) is 11.4. The lowest BCUT2D eigenvalue weighted by Crippen LogP contribution is -2.39. The molecule has 0 fully saturated rings. The summed E-state index contributed by atoms with van der Waals surface area (Å²) in [7, 11) is -3.94. The maximum absolute atomic E-state index is 13.2. The molecule has 3 rings (SSSR count). The highest BCUT2D eigenvalue weighted by Gasteiger charge is 2.27. The number of hydrogen-bond donors (Lipinski definition) is 1. The number of carbonyl (C=O) groups excluding carboxylic acids is 1. The molecule has 0 saturated heterocycles. The number of anilines is 1. The molecule has 0 unspecified atom stereocenters. The first kappa shape index (κ1) is 21.5. The summed E-state index contributed by atoms with van der Waals surface area (Å²) >= 11 is 5.84. The number of nitrogens with zero attached hydrogens (tertiary/aromatic N) is 2. The second-order valence-electron chi connectivity index (χ2n) is 6.51. The van der Waals surface area contributed by atoms with Gasteiger partial charge in [0.05, 0.1) is 16.8 Å². The molecular weight excluding hydrogens is 422 g/mol. The Morgan fingerprint density at radius 3 is 2.27 bits per heavy atom. The Balaban J connectivity index is 1.80. The lowest BCUT2D eigenvalue weighted by atomic mass is 10.2. The van der Waals surface area contributed by atoms with E-state index >= 15 is 0 Å². The SMILES string of the molecule is Cc1ccc(S(=O)(=O)N(CC(=O)NN=Cc2ccc(Cl)cc2)c2ccccc2)cc1. The number of amides is 1. The molecule has 3 aromatic carbocycles. The molecule has 0 radical (unpaired) electrons. The van der Waals surface area contributed by atoms with Crippen LogP contribution >= 0.6 is 11.6 Å². The van der Waals surface area contributed by atoms with Crippen LogP contribution in [0.1, 0.15) is 11.1 Å². The molecule has 0 saturated carbocycles. The van der Waals surface area contributed by atoms with Gasteiger partial charge in [-0.05, 0) is 48.9 Å². The van der Waals surface area contributed by atoms with Crippen molar-refractivity contribution in [3.8, 4) is 0 Å². The van der Waals surface area contributed by atoms with Crippen molar-refractivity contribution >= 4 is 39.4 Å². The van der Waals surface area contributed by atoms with Crippen LogP contribution in [0.3, 0.4) is 0 Å². The molecule has 154 valence electrons. The summed E-state index contributed by atoms with van der Waals surface area (Å²) < 4.78 is 27.5. The minimum Gasteiger partial charge on any atom is -0.271 e. The standard InChI is InChI=1S/C22H20ClN3O3S/c1-17-7-13-21(14-8-17)30(28,29)26(20-5-3-2-4-6-20)16-22(27)25-24-15-18-9-11-19(23)12-10-18/h2-15H,16H2,1H3,(H,25,27).